The van der Waals surface area contributed by atoms with E-state index in [2.05, 4.69) is 90.2 Å². The van der Waals surface area contributed by atoms with Gasteiger partial charge in [0, 0.05) is 0 Å². The molecule has 2 atom stereocenters. The molecule has 0 saturated heterocycles. The van der Waals surface area contributed by atoms with Gasteiger partial charge in [0.05, 0.1) is 0 Å². The number of unbranched alkanes of at least 4 members (excludes halogenated alkanes) is 1. The van der Waals surface area contributed by atoms with Crippen molar-refractivity contribution in [2.75, 3.05) is 13.6 Å². The summed E-state index contributed by atoms with van der Waals surface area (Å²) in [7, 11) is 1.93. The van der Waals surface area contributed by atoms with E-state index in [0.29, 0.717) is 5.41 Å². The van der Waals surface area contributed by atoms with Gasteiger partial charge in [-0.05, 0) is 69.9 Å². The maximum Gasteiger partial charge on any atom is -0.00804 e. The molecule has 1 rings (SSSR count). The van der Waals surface area contributed by atoms with Gasteiger partial charge in [0.1, 0.15) is 0 Å². The van der Waals surface area contributed by atoms with Crippen LogP contribution in [0.4, 0.5) is 0 Å². The van der Waals surface area contributed by atoms with Gasteiger partial charge in [-0.25, -0.2) is 0 Å². The van der Waals surface area contributed by atoms with Crippen LogP contribution in [0, 0.1) is 17.3 Å². The van der Waals surface area contributed by atoms with E-state index in [1.165, 1.54) is 44.9 Å². The number of hydrogen-bond donors (Lipinski definition) is 1. The normalized spacial score (nSPS) is 19.1. The molecule has 0 aliphatic heterocycles. The molecule has 0 radical (unpaired) electrons. The van der Waals surface area contributed by atoms with E-state index in [1.54, 1.807) is 0 Å². The second-order valence-electron chi connectivity index (χ2n) is 8.17. The first kappa shape index (κ1) is 31.9. The summed E-state index contributed by atoms with van der Waals surface area (Å²) in [5.74, 6) is 1.81. The van der Waals surface area contributed by atoms with Crippen molar-refractivity contribution < 1.29 is 0 Å². The molecule has 0 heterocycles. The van der Waals surface area contributed by atoms with Crippen LogP contribution in [-0.2, 0) is 0 Å². The molecule has 0 aromatic carbocycles. The summed E-state index contributed by atoms with van der Waals surface area (Å²) in [6, 6.07) is 0. The summed E-state index contributed by atoms with van der Waals surface area (Å²) in [4.78, 5) is 0. The third kappa shape index (κ3) is 25.2. The van der Waals surface area contributed by atoms with Crippen LogP contribution in [0.1, 0.15) is 107 Å². The lowest BCUT2D eigenvalue weighted by molar-refractivity contribution is 0.485. The second-order valence-corrected chi connectivity index (χ2v) is 8.17. The second kappa shape index (κ2) is 24.2. The zero-order chi connectivity index (χ0) is 22.3. The molecule has 168 valence electrons. The van der Waals surface area contributed by atoms with Gasteiger partial charge in [-0.1, -0.05) is 105 Å². The Hall–Kier alpha value is -0.820. The van der Waals surface area contributed by atoms with E-state index >= 15 is 0 Å². The fourth-order valence-electron chi connectivity index (χ4n) is 2.96. The Balaban J connectivity index is -0.000000401. The fourth-order valence-corrected chi connectivity index (χ4v) is 2.96. The van der Waals surface area contributed by atoms with Gasteiger partial charge < -0.3 is 5.32 Å². The molecule has 1 nitrogen and oxygen atoms in total. The highest BCUT2D eigenvalue weighted by Crippen LogP contribution is 2.32. The molecule has 2 unspecified atom stereocenters. The Bertz CT molecular complexity index is 360. The van der Waals surface area contributed by atoms with E-state index in [0.717, 1.165) is 18.4 Å². The van der Waals surface area contributed by atoms with E-state index in [4.69, 9.17) is 0 Å². The van der Waals surface area contributed by atoms with Gasteiger partial charge in [0.15, 0.2) is 0 Å². The molecule has 1 N–H and O–H groups in total. The molecule has 1 aliphatic carbocycles. The van der Waals surface area contributed by atoms with Crippen molar-refractivity contribution in [1.29, 1.82) is 0 Å². The summed E-state index contributed by atoms with van der Waals surface area (Å²) in [6.45, 7) is 20.6. The van der Waals surface area contributed by atoms with Gasteiger partial charge >= 0.3 is 0 Å². The van der Waals surface area contributed by atoms with Gasteiger partial charge in [-0.2, -0.15) is 0 Å². The number of nitrogens with one attached hydrogen (secondary N) is 1. The van der Waals surface area contributed by atoms with E-state index < -0.39 is 0 Å². The third-order valence-electron chi connectivity index (χ3n) is 4.62. The molecule has 1 saturated carbocycles. The maximum absolute atomic E-state index is 2.93. The minimum Gasteiger partial charge on any atom is -0.320 e. The topological polar surface area (TPSA) is 12.0 Å². The van der Waals surface area contributed by atoms with E-state index in [1.807, 2.05) is 20.9 Å². The Morgan fingerprint density at radius 2 is 1.61 bits per heavy atom. The highest BCUT2D eigenvalue weighted by molar-refractivity contribution is 5.00. The van der Waals surface area contributed by atoms with E-state index in [9.17, 15) is 0 Å². The monoisotopic (exact) mass is 393 g/mol. The van der Waals surface area contributed by atoms with Crippen molar-refractivity contribution in [3.05, 3.63) is 36.5 Å². The van der Waals surface area contributed by atoms with Crippen molar-refractivity contribution in [3.63, 3.8) is 0 Å². The molecule has 0 aromatic heterocycles. The molecule has 1 aliphatic rings. The number of hydrogen-bond acceptors (Lipinski definition) is 1. The Morgan fingerprint density at radius 3 is 2.00 bits per heavy atom. The van der Waals surface area contributed by atoms with Crippen molar-refractivity contribution in [1.82, 2.24) is 5.32 Å². The van der Waals surface area contributed by atoms with Crippen LogP contribution < -0.4 is 5.32 Å². The molecule has 0 aromatic rings. The van der Waals surface area contributed by atoms with Gasteiger partial charge in [-0.15, -0.1) is 0 Å². The Labute approximate surface area is 180 Å². The Kier molecular flexibility index (Phi) is 27.6. The van der Waals surface area contributed by atoms with Crippen LogP contribution in [0.2, 0.25) is 0 Å². The zero-order valence-corrected chi connectivity index (χ0v) is 21.3. The average Bonchev–Trinajstić information content (AvgIpc) is 3.09. The summed E-state index contributed by atoms with van der Waals surface area (Å²) in [5.41, 5.74) is 0.329. The summed E-state index contributed by atoms with van der Waals surface area (Å²) in [6.07, 6.45) is 22.9. The quantitative estimate of drug-likeness (QED) is 0.406. The van der Waals surface area contributed by atoms with Crippen molar-refractivity contribution >= 4 is 0 Å². The predicted octanol–water partition coefficient (Wildman–Crippen LogP) is 8.98. The first-order valence-electron chi connectivity index (χ1n) is 12.0. The minimum atomic E-state index is 0.329. The van der Waals surface area contributed by atoms with Crippen molar-refractivity contribution in [2.45, 2.75) is 107 Å². The fraction of sp³-hybridized carbons (Fsp3) is 0.778. The standard InChI is InChI=1S/C15H26.C7H14.C3H9N.C2H6/c1-5-10-15(3,4)11-6-7-14-9-8-13(2)12-14;1-3-5-7-6-4-2;1-3-4-2;1-2/h5-7,10,13-14H,8-9,11-12H2,1-4H3;5,7H,3-4,6H2,1-2H3;4H,3H2,1-2H3;1-2H3/b7-6+,10-5+;;;. The molecular weight excluding hydrogens is 338 g/mol. The Morgan fingerprint density at radius 1 is 1.00 bits per heavy atom. The highest BCUT2D eigenvalue weighted by atomic mass is 14.8. The first-order valence-corrected chi connectivity index (χ1v) is 12.0. The molecule has 1 fully saturated rings. The van der Waals surface area contributed by atoms with Crippen LogP contribution in [0.25, 0.3) is 0 Å². The van der Waals surface area contributed by atoms with Crippen LogP contribution in [0.5, 0.6) is 0 Å². The van der Waals surface area contributed by atoms with Crippen molar-refractivity contribution in [2.24, 2.45) is 17.3 Å². The van der Waals surface area contributed by atoms with E-state index in [-0.39, 0.29) is 0 Å². The predicted molar refractivity (Wildman–Crippen MR) is 134 cm³/mol. The lowest BCUT2D eigenvalue weighted by atomic mass is 9.88. The third-order valence-corrected chi connectivity index (χ3v) is 4.62. The maximum atomic E-state index is 2.93. The van der Waals surface area contributed by atoms with Gasteiger partial charge in [0.2, 0.25) is 0 Å². The molecule has 0 amide bonds. The first-order chi connectivity index (χ1) is 13.4. The van der Waals surface area contributed by atoms with Crippen LogP contribution >= 0.6 is 0 Å². The molecule has 1 heteroatoms. The van der Waals surface area contributed by atoms with Gasteiger partial charge in [-0.3, -0.25) is 0 Å². The highest BCUT2D eigenvalue weighted by Gasteiger charge is 2.19. The summed E-state index contributed by atoms with van der Waals surface area (Å²) >= 11 is 0. The molecule has 0 bridgehead atoms. The average molecular weight is 394 g/mol. The molecule has 28 heavy (non-hydrogen) atoms. The van der Waals surface area contributed by atoms with Crippen LogP contribution in [0.3, 0.4) is 0 Å². The zero-order valence-electron chi connectivity index (χ0n) is 21.3. The lowest BCUT2D eigenvalue weighted by Gasteiger charge is -2.17. The SMILES string of the molecule is C/C=C/C(C)(C)C/C=C/C1CCC(C)C1.CC.CCC=CCCC.CCNC. The largest absolute Gasteiger partial charge is 0.320 e. The number of rotatable bonds is 8. The molecular formula is C27H55N. The van der Waals surface area contributed by atoms with Crippen molar-refractivity contribution in [3.8, 4) is 0 Å². The summed E-state index contributed by atoms with van der Waals surface area (Å²) in [5, 5.41) is 2.93. The molecule has 0 spiro atoms. The number of allylic oxidation sites excluding steroid dienone is 6. The minimum absolute atomic E-state index is 0.329. The van der Waals surface area contributed by atoms with Crippen LogP contribution in [0.15, 0.2) is 36.5 Å². The van der Waals surface area contributed by atoms with Gasteiger partial charge in [0.25, 0.3) is 0 Å². The smallest absolute Gasteiger partial charge is 0.00804 e. The lowest BCUT2D eigenvalue weighted by Crippen LogP contribution is -2.05. The van der Waals surface area contributed by atoms with Crippen LogP contribution in [-0.4, -0.2) is 13.6 Å². The summed E-state index contributed by atoms with van der Waals surface area (Å²) < 4.78 is 0.